The Bertz CT molecular complexity index is 1050. The second-order valence-electron chi connectivity index (χ2n) is 7.42. The summed E-state index contributed by atoms with van der Waals surface area (Å²) in [5.41, 5.74) is 10.8. The fourth-order valence-electron chi connectivity index (χ4n) is 4.19. The Morgan fingerprint density at radius 2 is 1.97 bits per heavy atom. The molecule has 0 unspecified atom stereocenters. The van der Waals surface area contributed by atoms with Gasteiger partial charge in [0, 0.05) is 10.6 Å². The Balaban J connectivity index is 1.51. The Kier molecular flexibility index (Phi) is 5.61. The summed E-state index contributed by atoms with van der Waals surface area (Å²) in [6, 6.07) is 2.25. The second-order valence-corrected chi connectivity index (χ2v) is 9.49. The number of hydrogen-bond donors (Lipinski definition) is 2. The quantitative estimate of drug-likeness (QED) is 0.711. The lowest BCUT2D eigenvalue weighted by atomic mass is 9.95. The summed E-state index contributed by atoms with van der Waals surface area (Å²) in [4.78, 5) is 30.4. The molecular weight excluding hydrogens is 404 g/mol. The predicted molar refractivity (Wildman–Crippen MR) is 115 cm³/mol. The maximum Gasteiger partial charge on any atom is 0.251 e. The molecular formula is C21H22N4O2S2. The summed E-state index contributed by atoms with van der Waals surface area (Å²) in [5, 5.41) is 13.6. The summed E-state index contributed by atoms with van der Waals surface area (Å²) in [5.74, 6) is -0.587. The Morgan fingerprint density at radius 1 is 1.21 bits per heavy atom. The lowest BCUT2D eigenvalue weighted by Gasteiger charge is -2.11. The molecule has 0 bridgehead atoms. The zero-order valence-electron chi connectivity index (χ0n) is 16.3. The Labute approximate surface area is 177 Å². The number of aryl methyl sites for hydroxylation is 2. The number of thiophene rings is 1. The van der Waals surface area contributed by atoms with E-state index >= 15 is 0 Å². The van der Waals surface area contributed by atoms with Gasteiger partial charge in [-0.1, -0.05) is 11.8 Å². The number of carbonyl (C=O) groups is 2. The number of carbonyl (C=O) groups excluding carboxylic acids is 2. The number of pyridine rings is 1. The van der Waals surface area contributed by atoms with Crippen molar-refractivity contribution in [2.75, 3.05) is 11.1 Å². The summed E-state index contributed by atoms with van der Waals surface area (Å²) in [6.45, 7) is 1.96. The van der Waals surface area contributed by atoms with Crippen LogP contribution in [0.15, 0.2) is 5.03 Å². The highest BCUT2D eigenvalue weighted by molar-refractivity contribution is 8.00. The van der Waals surface area contributed by atoms with Crippen molar-refractivity contribution in [3.8, 4) is 6.07 Å². The Hall–Kier alpha value is -2.37. The zero-order chi connectivity index (χ0) is 20.5. The van der Waals surface area contributed by atoms with Crippen LogP contribution in [0.1, 0.15) is 62.4 Å². The molecule has 6 nitrogen and oxygen atoms in total. The third kappa shape index (κ3) is 3.77. The van der Waals surface area contributed by atoms with Crippen LogP contribution >= 0.6 is 23.1 Å². The highest BCUT2D eigenvalue weighted by Gasteiger charge is 2.25. The van der Waals surface area contributed by atoms with E-state index in [1.165, 1.54) is 28.7 Å². The first-order chi connectivity index (χ1) is 14.0. The van der Waals surface area contributed by atoms with E-state index in [9.17, 15) is 14.9 Å². The largest absolute Gasteiger partial charge is 0.365 e. The second kappa shape index (κ2) is 8.17. The lowest BCUT2D eigenvalue weighted by Crippen LogP contribution is -2.19. The van der Waals surface area contributed by atoms with Gasteiger partial charge in [0.25, 0.3) is 5.91 Å². The average molecular weight is 427 g/mol. The van der Waals surface area contributed by atoms with Crippen LogP contribution in [0.25, 0.3) is 0 Å². The van der Waals surface area contributed by atoms with E-state index in [1.54, 1.807) is 0 Å². The molecule has 29 heavy (non-hydrogen) atoms. The fraction of sp³-hybridized carbons (Fsp3) is 0.429. The smallest absolute Gasteiger partial charge is 0.251 e. The normalized spacial score (nSPS) is 14.8. The molecule has 150 valence electrons. The minimum absolute atomic E-state index is 0.126. The molecule has 0 aliphatic heterocycles. The molecule has 0 saturated carbocycles. The highest BCUT2D eigenvalue weighted by Crippen LogP contribution is 2.38. The number of primary amides is 1. The molecule has 2 heterocycles. The molecule has 0 spiro atoms. The maximum atomic E-state index is 12.6. The Morgan fingerprint density at radius 3 is 2.72 bits per heavy atom. The number of nitrogens with zero attached hydrogens (tertiary/aromatic N) is 2. The van der Waals surface area contributed by atoms with Crippen LogP contribution < -0.4 is 11.1 Å². The summed E-state index contributed by atoms with van der Waals surface area (Å²) >= 11 is 2.73. The molecule has 8 heteroatoms. The topological polar surface area (TPSA) is 109 Å². The number of nitrogens with two attached hydrogens (primary N) is 1. The summed E-state index contributed by atoms with van der Waals surface area (Å²) < 4.78 is 0. The van der Waals surface area contributed by atoms with Gasteiger partial charge in [0.2, 0.25) is 5.91 Å². The number of nitrogens with one attached hydrogen (secondary N) is 1. The number of hydrogen-bond acceptors (Lipinski definition) is 6. The molecule has 2 aromatic rings. The fourth-order valence-corrected chi connectivity index (χ4v) is 6.36. The van der Waals surface area contributed by atoms with E-state index in [-0.39, 0.29) is 11.7 Å². The molecule has 0 saturated heterocycles. The van der Waals surface area contributed by atoms with Crippen molar-refractivity contribution in [2.45, 2.75) is 56.9 Å². The van der Waals surface area contributed by atoms with Gasteiger partial charge in [0.1, 0.15) is 16.1 Å². The van der Waals surface area contributed by atoms with Gasteiger partial charge in [-0.05, 0) is 68.6 Å². The van der Waals surface area contributed by atoms with Gasteiger partial charge in [0.05, 0.1) is 16.9 Å². The third-order valence-electron chi connectivity index (χ3n) is 5.59. The van der Waals surface area contributed by atoms with Gasteiger partial charge in [-0.2, -0.15) is 5.26 Å². The molecule has 0 atom stereocenters. The first-order valence-electron chi connectivity index (χ1n) is 9.79. The van der Waals surface area contributed by atoms with Crippen molar-refractivity contribution >= 4 is 39.9 Å². The third-order valence-corrected chi connectivity index (χ3v) is 7.77. The average Bonchev–Trinajstić information content (AvgIpc) is 3.30. The SMILES string of the molecule is Cc1c(C#N)c(SCC(=O)Nc2sc3c(c2C(N)=O)CCCC3)nc2c1CCC2. The van der Waals surface area contributed by atoms with Crippen LogP contribution in [-0.2, 0) is 30.5 Å². The van der Waals surface area contributed by atoms with Crippen molar-refractivity contribution in [3.05, 3.63) is 38.4 Å². The van der Waals surface area contributed by atoms with Crippen molar-refractivity contribution in [1.29, 1.82) is 5.26 Å². The van der Waals surface area contributed by atoms with Crippen LogP contribution in [0.3, 0.4) is 0 Å². The van der Waals surface area contributed by atoms with Gasteiger partial charge in [0.15, 0.2) is 0 Å². The number of anilines is 1. The van der Waals surface area contributed by atoms with E-state index in [0.717, 1.165) is 66.6 Å². The number of thioether (sulfide) groups is 1. The standard InChI is InChI=1S/C21H22N4O2S2/c1-11-12-6-4-7-15(12)24-20(14(11)9-22)28-10-17(26)25-21-18(19(23)27)13-5-2-3-8-16(13)29-21/h2-8,10H2,1H3,(H2,23,27)(H,25,26). The molecule has 0 aromatic carbocycles. The molecule has 2 aromatic heterocycles. The van der Waals surface area contributed by atoms with Gasteiger partial charge in [-0.25, -0.2) is 4.98 Å². The van der Waals surface area contributed by atoms with Crippen LogP contribution in [0.2, 0.25) is 0 Å². The number of amides is 2. The first kappa shape index (κ1) is 19.9. The zero-order valence-corrected chi connectivity index (χ0v) is 17.9. The first-order valence-corrected chi connectivity index (χ1v) is 11.6. The summed E-state index contributed by atoms with van der Waals surface area (Å²) in [7, 11) is 0. The van der Waals surface area contributed by atoms with Gasteiger partial charge in [-0.3, -0.25) is 9.59 Å². The molecule has 2 aliphatic rings. The van der Waals surface area contributed by atoms with E-state index in [2.05, 4.69) is 16.4 Å². The van der Waals surface area contributed by atoms with Crippen LogP contribution in [0.5, 0.6) is 0 Å². The van der Waals surface area contributed by atoms with Crippen molar-refractivity contribution < 1.29 is 9.59 Å². The van der Waals surface area contributed by atoms with E-state index < -0.39 is 5.91 Å². The molecule has 0 fully saturated rings. The molecule has 3 N–H and O–H groups in total. The van der Waals surface area contributed by atoms with Crippen molar-refractivity contribution in [1.82, 2.24) is 4.98 Å². The predicted octanol–water partition coefficient (Wildman–Crippen LogP) is 3.52. The van der Waals surface area contributed by atoms with Crippen LogP contribution in [-0.4, -0.2) is 22.6 Å². The van der Waals surface area contributed by atoms with E-state index in [1.807, 2.05) is 6.92 Å². The summed E-state index contributed by atoms with van der Waals surface area (Å²) in [6.07, 6.45) is 6.83. The van der Waals surface area contributed by atoms with E-state index in [4.69, 9.17) is 5.73 Å². The van der Waals surface area contributed by atoms with Crippen LogP contribution in [0.4, 0.5) is 5.00 Å². The molecule has 2 aliphatic carbocycles. The maximum absolute atomic E-state index is 12.6. The molecule has 2 amide bonds. The van der Waals surface area contributed by atoms with Gasteiger partial charge in [-0.15, -0.1) is 11.3 Å². The number of nitriles is 1. The molecule has 0 radical (unpaired) electrons. The molecule has 4 rings (SSSR count). The number of fused-ring (bicyclic) bond motifs is 2. The van der Waals surface area contributed by atoms with Crippen molar-refractivity contribution in [3.63, 3.8) is 0 Å². The highest BCUT2D eigenvalue weighted by atomic mass is 32.2. The van der Waals surface area contributed by atoms with Gasteiger partial charge >= 0.3 is 0 Å². The minimum atomic E-state index is -0.491. The van der Waals surface area contributed by atoms with E-state index in [0.29, 0.717) is 21.2 Å². The number of aromatic nitrogens is 1. The van der Waals surface area contributed by atoms with Gasteiger partial charge < -0.3 is 11.1 Å². The van der Waals surface area contributed by atoms with Crippen LogP contribution in [0, 0.1) is 18.3 Å². The number of rotatable bonds is 5. The van der Waals surface area contributed by atoms with Crippen molar-refractivity contribution in [2.24, 2.45) is 5.73 Å². The lowest BCUT2D eigenvalue weighted by molar-refractivity contribution is -0.113. The monoisotopic (exact) mass is 426 g/mol. The minimum Gasteiger partial charge on any atom is -0.365 e.